The van der Waals surface area contributed by atoms with Crippen molar-refractivity contribution in [3.05, 3.63) is 40.8 Å². The van der Waals surface area contributed by atoms with Gasteiger partial charge < -0.3 is 4.74 Å². The monoisotopic (exact) mass is 333 g/mol. The quantitative estimate of drug-likeness (QED) is 0.434. The summed E-state index contributed by atoms with van der Waals surface area (Å²) in [7, 11) is 0. The minimum Gasteiger partial charge on any atom is -0.466 e. The van der Waals surface area contributed by atoms with E-state index in [9.17, 15) is 14.4 Å². The first-order valence-electron chi connectivity index (χ1n) is 7.58. The van der Waals surface area contributed by atoms with Gasteiger partial charge in [0.05, 0.1) is 11.5 Å². The standard InChI is InChI=1S/C17H19NO4S/c1-2-22-15(19)10-6-7-11-18-16(20)14(23-17(18)21)12-13-8-4-3-5-9-13/h3-5,8-9,12H,2,6-7,10-11H2,1H3/b14-12-. The van der Waals surface area contributed by atoms with Crippen molar-refractivity contribution in [2.75, 3.05) is 13.2 Å². The Bertz CT molecular complexity index is 612. The number of hydrogen-bond donors (Lipinski definition) is 0. The number of esters is 1. The molecule has 1 aliphatic heterocycles. The molecule has 1 aromatic carbocycles. The van der Waals surface area contributed by atoms with Crippen molar-refractivity contribution in [2.24, 2.45) is 0 Å². The molecule has 0 bridgehead atoms. The van der Waals surface area contributed by atoms with Gasteiger partial charge in [-0.3, -0.25) is 19.3 Å². The number of thioether (sulfide) groups is 1. The van der Waals surface area contributed by atoms with Gasteiger partial charge >= 0.3 is 5.97 Å². The van der Waals surface area contributed by atoms with Crippen molar-refractivity contribution in [3.63, 3.8) is 0 Å². The summed E-state index contributed by atoms with van der Waals surface area (Å²) >= 11 is 0.956. The first-order valence-corrected chi connectivity index (χ1v) is 8.39. The van der Waals surface area contributed by atoms with Gasteiger partial charge in [-0.15, -0.1) is 0 Å². The Morgan fingerprint density at radius 2 is 1.96 bits per heavy atom. The minimum absolute atomic E-state index is 0.245. The molecule has 1 saturated heterocycles. The number of rotatable bonds is 7. The van der Waals surface area contributed by atoms with Crippen LogP contribution < -0.4 is 0 Å². The molecule has 2 rings (SSSR count). The maximum Gasteiger partial charge on any atom is 0.305 e. The molecule has 5 nitrogen and oxygen atoms in total. The summed E-state index contributed by atoms with van der Waals surface area (Å²) in [6.07, 6.45) is 3.22. The van der Waals surface area contributed by atoms with Crippen LogP contribution in [-0.2, 0) is 14.3 Å². The molecule has 2 amide bonds. The van der Waals surface area contributed by atoms with E-state index in [-0.39, 0.29) is 17.1 Å². The van der Waals surface area contributed by atoms with E-state index < -0.39 is 0 Å². The highest BCUT2D eigenvalue weighted by atomic mass is 32.2. The molecule has 0 radical (unpaired) electrons. The van der Waals surface area contributed by atoms with Crippen LogP contribution in [0.2, 0.25) is 0 Å². The topological polar surface area (TPSA) is 63.7 Å². The highest BCUT2D eigenvalue weighted by Crippen LogP contribution is 2.32. The third-order valence-corrected chi connectivity index (χ3v) is 4.20. The van der Waals surface area contributed by atoms with Crippen molar-refractivity contribution < 1.29 is 19.1 Å². The van der Waals surface area contributed by atoms with Crippen molar-refractivity contribution in [1.29, 1.82) is 0 Å². The average Bonchev–Trinajstić information content (AvgIpc) is 2.80. The Morgan fingerprint density at radius 3 is 2.65 bits per heavy atom. The van der Waals surface area contributed by atoms with Crippen LogP contribution in [-0.4, -0.2) is 35.2 Å². The molecule has 1 aromatic rings. The van der Waals surface area contributed by atoms with E-state index in [0.29, 0.717) is 37.3 Å². The van der Waals surface area contributed by atoms with Gasteiger partial charge in [0.15, 0.2) is 0 Å². The molecule has 0 aliphatic carbocycles. The Labute approximate surface area is 139 Å². The van der Waals surface area contributed by atoms with E-state index in [1.54, 1.807) is 13.0 Å². The van der Waals surface area contributed by atoms with Crippen molar-refractivity contribution >= 4 is 35.0 Å². The van der Waals surface area contributed by atoms with Crippen molar-refractivity contribution in [3.8, 4) is 0 Å². The van der Waals surface area contributed by atoms with E-state index in [1.165, 1.54) is 4.90 Å². The number of imide groups is 1. The van der Waals surface area contributed by atoms with Gasteiger partial charge in [0.1, 0.15) is 0 Å². The third-order valence-electron chi connectivity index (χ3n) is 3.29. The SMILES string of the molecule is CCOC(=O)CCCCN1C(=O)S/C(=C\c2ccccc2)C1=O. The van der Waals surface area contributed by atoms with Gasteiger partial charge in [-0.05, 0) is 43.2 Å². The lowest BCUT2D eigenvalue weighted by Gasteiger charge is -2.11. The average molecular weight is 333 g/mol. The molecule has 0 unspecified atom stereocenters. The molecule has 1 fully saturated rings. The first-order chi connectivity index (χ1) is 11.1. The summed E-state index contributed by atoms with van der Waals surface area (Å²) in [4.78, 5) is 37.1. The number of amides is 2. The van der Waals surface area contributed by atoms with Gasteiger partial charge in [0.2, 0.25) is 0 Å². The number of ether oxygens (including phenoxy) is 1. The number of unbranched alkanes of at least 4 members (excludes halogenated alkanes) is 1. The largest absolute Gasteiger partial charge is 0.466 e. The van der Waals surface area contributed by atoms with Crippen LogP contribution in [0.25, 0.3) is 6.08 Å². The zero-order chi connectivity index (χ0) is 16.7. The van der Waals surface area contributed by atoms with Crippen LogP contribution in [0.4, 0.5) is 4.79 Å². The van der Waals surface area contributed by atoms with Crippen LogP contribution in [0.15, 0.2) is 35.2 Å². The Balaban J connectivity index is 1.87. The molecular weight excluding hydrogens is 314 g/mol. The minimum atomic E-state index is -0.264. The van der Waals surface area contributed by atoms with Crippen molar-refractivity contribution in [2.45, 2.75) is 26.2 Å². The normalized spacial score (nSPS) is 16.2. The lowest BCUT2D eigenvalue weighted by molar-refractivity contribution is -0.143. The number of benzene rings is 1. The van der Waals surface area contributed by atoms with E-state index in [2.05, 4.69) is 0 Å². The van der Waals surface area contributed by atoms with Crippen LogP contribution in [0, 0.1) is 0 Å². The molecule has 6 heteroatoms. The van der Waals surface area contributed by atoms with E-state index in [1.807, 2.05) is 30.3 Å². The van der Waals surface area contributed by atoms with Gasteiger partial charge in [-0.25, -0.2) is 0 Å². The fourth-order valence-corrected chi connectivity index (χ4v) is 3.03. The highest BCUT2D eigenvalue weighted by molar-refractivity contribution is 8.18. The zero-order valence-electron chi connectivity index (χ0n) is 13.0. The summed E-state index contributed by atoms with van der Waals surface area (Å²) in [6.45, 7) is 2.46. The molecule has 0 N–H and O–H groups in total. The predicted octanol–water partition coefficient (Wildman–Crippen LogP) is 3.46. The highest BCUT2D eigenvalue weighted by Gasteiger charge is 2.34. The number of hydrogen-bond acceptors (Lipinski definition) is 5. The van der Waals surface area contributed by atoms with E-state index in [0.717, 1.165) is 17.3 Å². The molecule has 23 heavy (non-hydrogen) atoms. The lowest BCUT2D eigenvalue weighted by atomic mass is 10.2. The number of carbonyl (C=O) groups excluding carboxylic acids is 3. The van der Waals surface area contributed by atoms with Crippen LogP contribution in [0.5, 0.6) is 0 Å². The maximum absolute atomic E-state index is 12.3. The van der Waals surface area contributed by atoms with Gasteiger partial charge in [0, 0.05) is 13.0 Å². The maximum atomic E-state index is 12.3. The number of carbonyl (C=O) groups is 3. The van der Waals surface area contributed by atoms with Gasteiger partial charge in [-0.1, -0.05) is 30.3 Å². The van der Waals surface area contributed by atoms with E-state index >= 15 is 0 Å². The fourth-order valence-electron chi connectivity index (χ4n) is 2.17. The Kier molecular flexibility index (Phi) is 6.40. The van der Waals surface area contributed by atoms with Gasteiger partial charge in [-0.2, -0.15) is 0 Å². The molecule has 0 saturated carbocycles. The summed E-state index contributed by atoms with van der Waals surface area (Å²) in [6, 6.07) is 9.42. The third kappa shape index (κ3) is 4.96. The zero-order valence-corrected chi connectivity index (χ0v) is 13.8. The summed E-state index contributed by atoms with van der Waals surface area (Å²) in [5, 5.41) is -0.256. The second-order valence-corrected chi connectivity index (χ2v) is 6.00. The Morgan fingerprint density at radius 1 is 1.22 bits per heavy atom. The summed E-state index contributed by atoms with van der Waals surface area (Å²) in [5.41, 5.74) is 0.889. The van der Waals surface area contributed by atoms with E-state index in [4.69, 9.17) is 4.74 Å². The molecule has 0 atom stereocenters. The summed E-state index contributed by atoms with van der Waals surface area (Å²) in [5.74, 6) is -0.509. The molecule has 1 heterocycles. The molecule has 1 aliphatic rings. The predicted molar refractivity (Wildman–Crippen MR) is 89.6 cm³/mol. The van der Waals surface area contributed by atoms with Crippen LogP contribution in [0.1, 0.15) is 31.7 Å². The van der Waals surface area contributed by atoms with Crippen LogP contribution in [0.3, 0.4) is 0 Å². The molecule has 0 aromatic heterocycles. The summed E-state index contributed by atoms with van der Waals surface area (Å²) < 4.78 is 4.84. The molecule has 122 valence electrons. The van der Waals surface area contributed by atoms with Crippen LogP contribution >= 0.6 is 11.8 Å². The smallest absolute Gasteiger partial charge is 0.305 e. The fraction of sp³-hybridized carbons (Fsp3) is 0.353. The second-order valence-electron chi connectivity index (χ2n) is 5.01. The molecule has 0 spiro atoms. The van der Waals surface area contributed by atoms with Crippen molar-refractivity contribution in [1.82, 2.24) is 4.90 Å². The number of nitrogens with zero attached hydrogens (tertiary/aromatic N) is 1. The lowest BCUT2D eigenvalue weighted by Crippen LogP contribution is -2.29. The second kappa shape index (κ2) is 8.53. The molecular formula is C17H19NO4S. The first kappa shape index (κ1) is 17.3. The Hall–Kier alpha value is -2.08. The van der Waals surface area contributed by atoms with Gasteiger partial charge in [0.25, 0.3) is 11.1 Å².